The van der Waals surface area contributed by atoms with E-state index in [1.807, 2.05) is 36.2 Å². The van der Waals surface area contributed by atoms with E-state index >= 15 is 0 Å². The van der Waals surface area contributed by atoms with Crippen molar-refractivity contribution < 1.29 is 9.53 Å². The molecule has 2 aromatic rings. The first kappa shape index (κ1) is 22.5. The van der Waals surface area contributed by atoms with Gasteiger partial charge in [0, 0.05) is 24.7 Å². The molecule has 1 heterocycles. The molecule has 0 bridgehead atoms. The number of carbonyl (C=O) groups excluding carboxylic acids is 1. The number of ether oxygens (including phenoxy) is 1. The molecule has 1 saturated carbocycles. The van der Waals surface area contributed by atoms with Crippen LogP contribution in [-0.4, -0.2) is 48.5 Å². The number of amides is 1. The van der Waals surface area contributed by atoms with Crippen LogP contribution in [0, 0.1) is 5.92 Å². The Morgan fingerprint density at radius 1 is 1.03 bits per heavy atom. The van der Waals surface area contributed by atoms with Crippen LogP contribution < -0.4 is 4.74 Å². The summed E-state index contributed by atoms with van der Waals surface area (Å²) in [6.45, 7) is 5.43. The molecule has 1 aliphatic heterocycles. The summed E-state index contributed by atoms with van der Waals surface area (Å²) in [6, 6.07) is 15.7. The van der Waals surface area contributed by atoms with Crippen molar-refractivity contribution in [1.29, 1.82) is 0 Å². The van der Waals surface area contributed by atoms with Crippen molar-refractivity contribution >= 4 is 5.91 Å². The maximum absolute atomic E-state index is 13.2. The monoisotopic (exact) mass is 446 g/mol. The van der Waals surface area contributed by atoms with Gasteiger partial charge in [0.15, 0.2) is 0 Å². The van der Waals surface area contributed by atoms with Crippen molar-refractivity contribution in [1.82, 2.24) is 9.80 Å². The predicted molar refractivity (Wildman–Crippen MR) is 133 cm³/mol. The standard InChI is InChI=1S/C29H38N2O2/c1-3-31-17-5-4-6-28(31)25-10-9-24-19-26(14-11-23(24)18-25)30(2)29(32)22-12-15-27(16-13-22)33-20-21-7-8-21/h9-10,12-13,15-16,18,21,26,28H,3-8,11,14,17,19-20H2,1-2H3/t26-,28?/m0/s1. The summed E-state index contributed by atoms with van der Waals surface area (Å²) in [7, 11) is 1.96. The molecule has 0 N–H and O–H groups in total. The molecule has 1 unspecified atom stereocenters. The van der Waals surface area contributed by atoms with Crippen LogP contribution in [0.15, 0.2) is 42.5 Å². The lowest BCUT2D eigenvalue weighted by Crippen LogP contribution is -2.40. The molecule has 5 rings (SSSR count). The number of aryl methyl sites for hydroxylation is 1. The molecule has 1 saturated heterocycles. The smallest absolute Gasteiger partial charge is 0.253 e. The Labute approximate surface area is 198 Å². The fourth-order valence-electron chi connectivity index (χ4n) is 5.60. The highest BCUT2D eigenvalue weighted by atomic mass is 16.5. The van der Waals surface area contributed by atoms with Crippen molar-refractivity contribution in [3.8, 4) is 5.75 Å². The fourth-order valence-corrected chi connectivity index (χ4v) is 5.60. The molecule has 3 aliphatic rings. The second kappa shape index (κ2) is 9.89. The van der Waals surface area contributed by atoms with E-state index in [1.54, 1.807) is 0 Å². The first-order valence-corrected chi connectivity index (χ1v) is 13.0. The molecule has 33 heavy (non-hydrogen) atoms. The quantitative estimate of drug-likeness (QED) is 0.551. The van der Waals surface area contributed by atoms with Crippen molar-refractivity contribution in [2.24, 2.45) is 5.92 Å². The van der Waals surface area contributed by atoms with Gasteiger partial charge < -0.3 is 9.64 Å². The van der Waals surface area contributed by atoms with Crippen molar-refractivity contribution in [3.63, 3.8) is 0 Å². The van der Waals surface area contributed by atoms with E-state index in [4.69, 9.17) is 4.74 Å². The molecule has 2 fully saturated rings. The average Bonchev–Trinajstić information content (AvgIpc) is 3.71. The largest absolute Gasteiger partial charge is 0.493 e. The molecular formula is C29H38N2O2. The number of likely N-dealkylation sites (tertiary alicyclic amines) is 1. The Balaban J connectivity index is 1.22. The Morgan fingerprint density at radius 3 is 2.61 bits per heavy atom. The summed E-state index contributed by atoms with van der Waals surface area (Å²) in [5.41, 5.74) is 5.14. The maximum Gasteiger partial charge on any atom is 0.253 e. The number of nitrogens with zero attached hydrogens (tertiary/aromatic N) is 2. The minimum absolute atomic E-state index is 0.106. The molecule has 1 amide bonds. The molecule has 4 heteroatoms. The van der Waals surface area contributed by atoms with Crippen LogP contribution in [0.5, 0.6) is 5.75 Å². The van der Waals surface area contributed by atoms with Gasteiger partial charge in [-0.2, -0.15) is 0 Å². The SMILES string of the molecule is CCN1CCCCC1c1ccc2c(c1)CC[C@H](N(C)C(=O)c1ccc(OCC3CC3)cc1)C2. The Morgan fingerprint density at radius 2 is 1.85 bits per heavy atom. The minimum Gasteiger partial charge on any atom is -0.493 e. The number of piperidine rings is 1. The molecule has 176 valence electrons. The number of fused-ring (bicyclic) bond motifs is 1. The third-order valence-corrected chi connectivity index (χ3v) is 7.99. The topological polar surface area (TPSA) is 32.8 Å². The van der Waals surface area contributed by atoms with Gasteiger partial charge in [-0.05, 0) is 105 Å². The third-order valence-electron chi connectivity index (χ3n) is 7.99. The van der Waals surface area contributed by atoms with Gasteiger partial charge in [0.05, 0.1) is 6.61 Å². The number of benzene rings is 2. The van der Waals surface area contributed by atoms with E-state index in [0.717, 1.165) is 49.6 Å². The van der Waals surface area contributed by atoms with Crippen molar-refractivity contribution in [3.05, 3.63) is 64.7 Å². The molecule has 4 nitrogen and oxygen atoms in total. The number of carbonyl (C=O) groups is 1. The minimum atomic E-state index is 0.106. The van der Waals surface area contributed by atoms with E-state index in [0.29, 0.717) is 6.04 Å². The van der Waals surface area contributed by atoms with Crippen molar-refractivity contribution in [2.45, 2.75) is 70.4 Å². The Kier molecular flexibility index (Phi) is 6.73. The van der Waals surface area contributed by atoms with Crippen LogP contribution in [0.1, 0.15) is 78.5 Å². The number of hydrogen-bond donors (Lipinski definition) is 0. The van der Waals surface area contributed by atoms with Gasteiger partial charge in [0.2, 0.25) is 0 Å². The Bertz CT molecular complexity index is 966. The molecule has 0 spiro atoms. The highest BCUT2D eigenvalue weighted by Crippen LogP contribution is 2.34. The molecular weight excluding hydrogens is 408 g/mol. The lowest BCUT2D eigenvalue weighted by Gasteiger charge is -2.36. The number of rotatable bonds is 7. The summed E-state index contributed by atoms with van der Waals surface area (Å²) in [5, 5.41) is 0. The molecule has 2 aliphatic carbocycles. The molecule has 2 aromatic carbocycles. The van der Waals surface area contributed by atoms with Gasteiger partial charge >= 0.3 is 0 Å². The summed E-state index contributed by atoms with van der Waals surface area (Å²) < 4.78 is 5.82. The van der Waals surface area contributed by atoms with E-state index in [9.17, 15) is 4.79 Å². The van der Waals surface area contributed by atoms with E-state index in [1.165, 1.54) is 55.3 Å². The van der Waals surface area contributed by atoms with Crippen LogP contribution >= 0.6 is 0 Å². The van der Waals surface area contributed by atoms with Gasteiger partial charge in [-0.15, -0.1) is 0 Å². The summed E-state index contributed by atoms with van der Waals surface area (Å²) >= 11 is 0. The van der Waals surface area contributed by atoms with Crippen LogP contribution in [0.4, 0.5) is 0 Å². The van der Waals surface area contributed by atoms with Crippen molar-refractivity contribution in [2.75, 3.05) is 26.7 Å². The molecule has 2 atom stereocenters. The zero-order valence-electron chi connectivity index (χ0n) is 20.3. The first-order valence-electron chi connectivity index (χ1n) is 13.0. The average molecular weight is 447 g/mol. The first-order chi connectivity index (χ1) is 16.1. The van der Waals surface area contributed by atoms with E-state index in [-0.39, 0.29) is 11.9 Å². The van der Waals surface area contributed by atoms with Gasteiger partial charge in [-0.25, -0.2) is 0 Å². The summed E-state index contributed by atoms with van der Waals surface area (Å²) in [4.78, 5) is 17.7. The molecule has 0 aromatic heterocycles. The highest BCUT2D eigenvalue weighted by molar-refractivity contribution is 5.94. The normalized spacial score (nSPS) is 23.1. The fraction of sp³-hybridized carbons (Fsp3) is 0.552. The van der Waals surface area contributed by atoms with Gasteiger partial charge in [0.1, 0.15) is 5.75 Å². The Hall–Kier alpha value is -2.33. The number of hydrogen-bond acceptors (Lipinski definition) is 3. The maximum atomic E-state index is 13.2. The number of likely N-dealkylation sites (N-methyl/N-ethyl adjacent to an activating group) is 1. The van der Waals surface area contributed by atoms with E-state index < -0.39 is 0 Å². The second-order valence-corrected chi connectivity index (χ2v) is 10.3. The van der Waals surface area contributed by atoms with Gasteiger partial charge in [0.25, 0.3) is 5.91 Å². The van der Waals surface area contributed by atoms with Crippen LogP contribution in [0.25, 0.3) is 0 Å². The zero-order chi connectivity index (χ0) is 22.8. The summed E-state index contributed by atoms with van der Waals surface area (Å²) in [6.07, 6.45) is 9.53. The lowest BCUT2D eigenvalue weighted by atomic mass is 9.84. The van der Waals surface area contributed by atoms with E-state index in [2.05, 4.69) is 30.0 Å². The molecule has 0 radical (unpaired) electrons. The zero-order valence-corrected chi connectivity index (χ0v) is 20.3. The van der Waals surface area contributed by atoms with Crippen LogP contribution in [-0.2, 0) is 12.8 Å². The second-order valence-electron chi connectivity index (χ2n) is 10.3. The van der Waals surface area contributed by atoms with Gasteiger partial charge in [-0.3, -0.25) is 9.69 Å². The predicted octanol–water partition coefficient (Wildman–Crippen LogP) is 5.65. The highest BCUT2D eigenvalue weighted by Gasteiger charge is 2.28. The third kappa shape index (κ3) is 5.11. The van der Waals surface area contributed by atoms with Gasteiger partial charge in [-0.1, -0.05) is 31.5 Å². The lowest BCUT2D eigenvalue weighted by molar-refractivity contribution is 0.0719. The van der Waals surface area contributed by atoms with Crippen LogP contribution in [0.3, 0.4) is 0 Å². The van der Waals surface area contributed by atoms with Crippen LogP contribution in [0.2, 0.25) is 0 Å². The summed E-state index contributed by atoms with van der Waals surface area (Å²) in [5.74, 6) is 1.70.